The first kappa shape index (κ1) is 20.7. The third-order valence-electron chi connectivity index (χ3n) is 2.73. The van der Waals surface area contributed by atoms with E-state index in [9.17, 15) is 4.79 Å². The molecule has 3 N–H and O–H groups in total. The van der Waals surface area contributed by atoms with Crippen molar-refractivity contribution in [1.29, 1.82) is 0 Å². The Kier molecular flexibility index (Phi) is 11.5. The summed E-state index contributed by atoms with van der Waals surface area (Å²) in [5.74, 6) is 0.609. The smallest absolute Gasteiger partial charge is 0.241 e. The Hall–Kier alpha value is -1.31. The quantitative estimate of drug-likeness (QED) is 0.360. The van der Waals surface area contributed by atoms with Crippen molar-refractivity contribution in [2.45, 2.75) is 33.2 Å². The minimum atomic E-state index is -0.0631. The highest BCUT2D eigenvalue weighted by Gasteiger charge is 2.03. The molecule has 124 valence electrons. The zero-order valence-electron chi connectivity index (χ0n) is 13.6. The number of carbonyl (C=O) groups excluding carboxylic acids is 1. The van der Waals surface area contributed by atoms with Gasteiger partial charge in [0.05, 0.1) is 0 Å². The van der Waals surface area contributed by atoms with Crippen LogP contribution in [0.5, 0.6) is 0 Å². The minimum Gasteiger partial charge on any atom is -0.357 e. The number of aliphatic imine (C=N–C) groups is 1. The van der Waals surface area contributed by atoms with Crippen LogP contribution in [0.15, 0.2) is 35.3 Å². The number of amides is 1. The van der Waals surface area contributed by atoms with Crippen LogP contribution in [0.2, 0.25) is 0 Å². The molecule has 1 aromatic rings. The zero-order valence-corrected chi connectivity index (χ0v) is 15.9. The summed E-state index contributed by atoms with van der Waals surface area (Å²) in [6.45, 7) is 7.61. The molecule has 22 heavy (non-hydrogen) atoms. The van der Waals surface area contributed by atoms with E-state index in [1.807, 2.05) is 39.0 Å². The zero-order chi connectivity index (χ0) is 15.5. The van der Waals surface area contributed by atoms with Crippen molar-refractivity contribution >= 4 is 35.8 Å². The number of hydrogen-bond donors (Lipinski definition) is 3. The lowest BCUT2D eigenvalue weighted by atomic mass is 10.1. The monoisotopic (exact) mass is 418 g/mol. The molecular formula is C16H27IN4O. The number of nitrogens with zero attached hydrogens (tertiary/aromatic N) is 1. The van der Waals surface area contributed by atoms with Gasteiger partial charge in [-0.25, -0.2) is 4.99 Å². The molecule has 0 unspecified atom stereocenters. The molecule has 0 aliphatic heterocycles. The maximum atomic E-state index is 11.8. The maximum Gasteiger partial charge on any atom is 0.241 e. The Bertz CT molecular complexity index is 449. The van der Waals surface area contributed by atoms with Crippen molar-refractivity contribution in [1.82, 2.24) is 16.0 Å². The normalized spacial score (nSPS) is 10.8. The molecule has 0 spiro atoms. The van der Waals surface area contributed by atoms with Gasteiger partial charge in [-0.15, -0.1) is 24.0 Å². The molecule has 6 heteroatoms. The van der Waals surface area contributed by atoms with Crippen molar-refractivity contribution in [3.63, 3.8) is 0 Å². The Balaban J connectivity index is 0.00000441. The number of nitrogens with one attached hydrogen (secondary N) is 3. The first-order valence-corrected chi connectivity index (χ1v) is 7.47. The first-order chi connectivity index (χ1) is 10.1. The third-order valence-corrected chi connectivity index (χ3v) is 2.73. The molecule has 0 saturated carbocycles. The van der Waals surface area contributed by atoms with Crippen molar-refractivity contribution in [3.05, 3.63) is 35.9 Å². The molecule has 0 fully saturated rings. The predicted molar refractivity (Wildman–Crippen MR) is 103 cm³/mol. The van der Waals surface area contributed by atoms with Gasteiger partial charge in [0.1, 0.15) is 6.54 Å². The molecule has 0 aliphatic carbocycles. The lowest BCUT2D eigenvalue weighted by Crippen LogP contribution is -2.41. The maximum absolute atomic E-state index is 11.8. The highest BCUT2D eigenvalue weighted by atomic mass is 127. The molecule has 0 radical (unpaired) electrons. The average molecular weight is 418 g/mol. The van der Waals surface area contributed by atoms with Crippen molar-refractivity contribution < 1.29 is 4.79 Å². The molecule has 1 aromatic carbocycles. The van der Waals surface area contributed by atoms with Crippen molar-refractivity contribution in [3.8, 4) is 0 Å². The molecule has 0 bridgehead atoms. The molecular weight excluding hydrogens is 391 g/mol. The summed E-state index contributed by atoms with van der Waals surface area (Å²) in [4.78, 5) is 16.0. The molecule has 0 saturated heterocycles. The van der Waals surface area contributed by atoms with Gasteiger partial charge < -0.3 is 16.0 Å². The molecule has 1 rings (SSSR count). The van der Waals surface area contributed by atoms with Gasteiger partial charge in [-0.05, 0) is 32.8 Å². The van der Waals surface area contributed by atoms with E-state index < -0.39 is 0 Å². The Morgan fingerprint density at radius 3 is 2.45 bits per heavy atom. The summed E-state index contributed by atoms with van der Waals surface area (Å²) in [7, 11) is 0. The predicted octanol–water partition coefficient (Wildman–Crippen LogP) is 1.93. The van der Waals surface area contributed by atoms with Gasteiger partial charge in [0.15, 0.2) is 5.96 Å². The summed E-state index contributed by atoms with van der Waals surface area (Å²) in [5, 5.41) is 9.17. The molecule has 5 nitrogen and oxygen atoms in total. The van der Waals surface area contributed by atoms with E-state index in [0.717, 1.165) is 13.0 Å². The van der Waals surface area contributed by atoms with E-state index in [1.54, 1.807) is 0 Å². The van der Waals surface area contributed by atoms with E-state index in [4.69, 9.17) is 0 Å². The highest BCUT2D eigenvalue weighted by molar-refractivity contribution is 14.0. The standard InChI is InChI=1S/C16H26N4O.HI/c1-4-17-16(20-13(2)3)19-12-15(21)18-11-10-14-8-6-5-7-9-14;/h5-9,13H,4,10-12H2,1-3H3,(H,18,21)(H2,17,19,20);1H. The van der Waals surface area contributed by atoms with Crippen molar-refractivity contribution in [2.75, 3.05) is 19.6 Å². The molecule has 0 heterocycles. The number of rotatable bonds is 7. The number of halogens is 1. The number of carbonyl (C=O) groups is 1. The summed E-state index contributed by atoms with van der Waals surface area (Å²) in [5.41, 5.74) is 1.22. The molecule has 1 amide bonds. The minimum absolute atomic E-state index is 0. The number of hydrogen-bond acceptors (Lipinski definition) is 2. The van der Waals surface area contributed by atoms with Crippen LogP contribution < -0.4 is 16.0 Å². The van der Waals surface area contributed by atoms with Crippen LogP contribution in [-0.2, 0) is 11.2 Å². The lowest BCUT2D eigenvalue weighted by molar-refractivity contribution is -0.119. The van der Waals surface area contributed by atoms with Gasteiger partial charge in [0.25, 0.3) is 0 Å². The van der Waals surface area contributed by atoms with Crippen LogP contribution in [-0.4, -0.2) is 37.5 Å². The Morgan fingerprint density at radius 2 is 1.86 bits per heavy atom. The fourth-order valence-electron chi connectivity index (χ4n) is 1.79. The fourth-order valence-corrected chi connectivity index (χ4v) is 1.79. The SMILES string of the molecule is CCNC(=NCC(=O)NCCc1ccccc1)NC(C)C.I. The van der Waals surface area contributed by atoms with Crippen LogP contribution in [0, 0.1) is 0 Å². The summed E-state index contributed by atoms with van der Waals surface area (Å²) >= 11 is 0. The van der Waals surface area contributed by atoms with Gasteiger partial charge in [-0.3, -0.25) is 4.79 Å². The van der Waals surface area contributed by atoms with Crippen LogP contribution in [0.4, 0.5) is 0 Å². The topological polar surface area (TPSA) is 65.5 Å². The molecule has 0 aliphatic rings. The summed E-state index contributed by atoms with van der Waals surface area (Å²) in [6.07, 6.45) is 0.834. The van der Waals surface area contributed by atoms with Gasteiger partial charge >= 0.3 is 0 Å². The summed E-state index contributed by atoms with van der Waals surface area (Å²) < 4.78 is 0. The highest BCUT2D eigenvalue weighted by Crippen LogP contribution is 1.97. The molecule has 0 aromatic heterocycles. The van der Waals surface area contributed by atoms with Crippen molar-refractivity contribution in [2.24, 2.45) is 4.99 Å². The largest absolute Gasteiger partial charge is 0.357 e. The van der Waals surface area contributed by atoms with Gasteiger partial charge in [-0.1, -0.05) is 30.3 Å². The van der Waals surface area contributed by atoms with Crippen LogP contribution in [0.25, 0.3) is 0 Å². The Morgan fingerprint density at radius 1 is 1.18 bits per heavy atom. The number of guanidine groups is 1. The second-order valence-electron chi connectivity index (χ2n) is 5.08. The van der Waals surface area contributed by atoms with Gasteiger partial charge in [0.2, 0.25) is 5.91 Å². The van der Waals surface area contributed by atoms with E-state index in [1.165, 1.54) is 5.56 Å². The van der Waals surface area contributed by atoms with E-state index in [0.29, 0.717) is 12.5 Å². The lowest BCUT2D eigenvalue weighted by Gasteiger charge is -2.13. The first-order valence-electron chi connectivity index (χ1n) is 7.47. The fraction of sp³-hybridized carbons (Fsp3) is 0.500. The second kappa shape index (κ2) is 12.3. The van der Waals surface area contributed by atoms with E-state index >= 15 is 0 Å². The van der Waals surface area contributed by atoms with E-state index in [-0.39, 0.29) is 42.5 Å². The van der Waals surface area contributed by atoms with Crippen LogP contribution in [0.1, 0.15) is 26.3 Å². The van der Waals surface area contributed by atoms with Gasteiger partial charge in [-0.2, -0.15) is 0 Å². The van der Waals surface area contributed by atoms with Crippen LogP contribution >= 0.6 is 24.0 Å². The Labute approximate surface area is 150 Å². The molecule has 0 atom stereocenters. The van der Waals surface area contributed by atoms with Gasteiger partial charge in [0, 0.05) is 19.1 Å². The third kappa shape index (κ3) is 9.59. The second-order valence-corrected chi connectivity index (χ2v) is 5.08. The van der Waals surface area contributed by atoms with Crippen LogP contribution in [0.3, 0.4) is 0 Å². The number of benzene rings is 1. The average Bonchev–Trinajstić information content (AvgIpc) is 2.45. The summed E-state index contributed by atoms with van der Waals surface area (Å²) in [6, 6.07) is 10.4. The van der Waals surface area contributed by atoms with E-state index in [2.05, 4.69) is 33.1 Å².